The first kappa shape index (κ1) is 34.3. The van der Waals surface area contributed by atoms with Crippen LogP contribution >= 0.6 is 12.6 Å². The highest BCUT2D eigenvalue weighted by molar-refractivity contribution is 7.80. The molecule has 0 saturated heterocycles. The summed E-state index contributed by atoms with van der Waals surface area (Å²) in [6, 6.07) is 18.1. The monoisotopic (exact) mass is 612 g/mol. The van der Waals surface area contributed by atoms with Gasteiger partial charge in [0.2, 0.25) is 11.8 Å². The third-order valence-corrected chi connectivity index (χ3v) is 6.67. The van der Waals surface area contributed by atoms with E-state index in [9.17, 15) is 9.59 Å². The molecule has 43 heavy (non-hydrogen) atoms. The van der Waals surface area contributed by atoms with E-state index in [2.05, 4.69) is 54.5 Å². The molecule has 3 aromatic rings. The molecule has 0 spiro atoms. The van der Waals surface area contributed by atoms with Gasteiger partial charge in [-0.15, -0.1) is 12.6 Å². The largest absolute Gasteiger partial charge is 0.379 e. The van der Waals surface area contributed by atoms with Crippen molar-refractivity contribution in [2.75, 3.05) is 65.9 Å². The number of hydrogen-bond acceptors (Lipinski definition) is 8. The first-order chi connectivity index (χ1) is 21.0. The van der Waals surface area contributed by atoms with Crippen molar-refractivity contribution in [2.24, 2.45) is 0 Å². The van der Waals surface area contributed by atoms with E-state index in [1.54, 1.807) is 0 Å². The smallest absolute Gasteiger partial charge is 0.222 e. The van der Waals surface area contributed by atoms with E-state index in [4.69, 9.17) is 24.0 Å². The lowest BCUT2D eigenvalue weighted by atomic mass is 10.1. The predicted octanol–water partition coefficient (Wildman–Crippen LogP) is 3.78. The second-order valence-electron chi connectivity index (χ2n) is 9.80. The quantitative estimate of drug-likeness (QED) is 0.124. The maximum atomic E-state index is 12.5. The fraction of sp³-hybridized carbons (Fsp3) is 0.469. The van der Waals surface area contributed by atoms with E-state index >= 15 is 0 Å². The number of carbonyl (C=O) groups is 2. The average Bonchev–Trinajstić information content (AvgIpc) is 3.44. The van der Waals surface area contributed by atoms with E-state index in [1.807, 2.05) is 41.9 Å². The van der Waals surface area contributed by atoms with Crippen LogP contribution in [-0.4, -0.2) is 87.5 Å². The molecule has 0 unspecified atom stereocenters. The maximum absolute atomic E-state index is 12.5. The van der Waals surface area contributed by atoms with Gasteiger partial charge in [0.1, 0.15) is 0 Å². The summed E-state index contributed by atoms with van der Waals surface area (Å²) in [5.74, 6) is -0.221. The van der Waals surface area contributed by atoms with Crippen LogP contribution in [0.3, 0.4) is 0 Å². The predicted molar refractivity (Wildman–Crippen MR) is 169 cm³/mol. The maximum Gasteiger partial charge on any atom is 0.222 e. The third-order valence-electron chi connectivity index (χ3n) is 6.37. The molecule has 1 heterocycles. The number of ether oxygens (including phenoxy) is 4. The molecule has 2 amide bonds. The zero-order chi connectivity index (χ0) is 30.7. The van der Waals surface area contributed by atoms with Crippen molar-refractivity contribution in [2.45, 2.75) is 38.0 Å². The Hall–Kier alpha value is -3.22. The van der Waals surface area contributed by atoms with Crippen LogP contribution in [0.15, 0.2) is 59.5 Å². The fourth-order valence-electron chi connectivity index (χ4n) is 4.06. The fourth-order valence-corrected chi connectivity index (χ4v) is 4.21. The van der Waals surface area contributed by atoms with Crippen LogP contribution in [0.1, 0.15) is 31.0 Å². The molecule has 0 fully saturated rings. The molecule has 2 aromatic carbocycles. The highest BCUT2D eigenvalue weighted by Gasteiger charge is 2.13. The van der Waals surface area contributed by atoms with Gasteiger partial charge in [-0.25, -0.2) is 4.68 Å². The van der Waals surface area contributed by atoms with Crippen molar-refractivity contribution >= 4 is 24.4 Å². The first-order valence-electron chi connectivity index (χ1n) is 14.8. The summed E-state index contributed by atoms with van der Waals surface area (Å²) < 4.78 is 23.3. The number of hydrogen-bond donors (Lipinski definition) is 3. The van der Waals surface area contributed by atoms with E-state index < -0.39 is 0 Å². The first-order valence-corrected chi connectivity index (χ1v) is 15.2. The molecule has 3 rings (SSSR count). The lowest BCUT2D eigenvalue weighted by molar-refractivity contribution is -0.123. The molecule has 1 aromatic heterocycles. The molecular formula is C32H44N4O6S. The summed E-state index contributed by atoms with van der Waals surface area (Å²) in [6.07, 6.45) is 1.04. The number of nitrogens with zero attached hydrogens (tertiary/aromatic N) is 2. The lowest BCUT2D eigenvalue weighted by Gasteiger charge is -2.08. The Morgan fingerprint density at radius 2 is 1.33 bits per heavy atom. The van der Waals surface area contributed by atoms with Crippen molar-refractivity contribution in [3.05, 3.63) is 65.9 Å². The number of amides is 2. The number of thiol groups is 1. The summed E-state index contributed by atoms with van der Waals surface area (Å²) in [7, 11) is 0. The van der Waals surface area contributed by atoms with Gasteiger partial charge in [0.25, 0.3) is 0 Å². The van der Waals surface area contributed by atoms with Gasteiger partial charge in [0.15, 0.2) is 0 Å². The zero-order valence-corrected chi connectivity index (χ0v) is 26.1. The molecule has 2 N–H and O–H groups in total. The van der Waals surface area contributed by atoms with Gasteiger partial charge in [-0.05, 0) is 44.2 Å². The second kappa shape index (κ2) is 19.9. The summed E-state index contributed by atoms with van der Waals surface area (Å²) >= 11 is 4.39. The molecule has 0 radical (unpaired) electrons. The molecule has 0 aliphatic rings. The minimum Gasteiger partial charge on any atom is -0.379 e. The Morgan fingerprint density at radius 1 is 0.767 bits per heavy atom. The molecule has 11 heteroatoms. The highest BCUT2D eigenvalue weighted by atomic mass is 32.1. The van der Waals surface area contributed by atoms with Gasteiger partial charge in [0, 0.05) is 49.4 Å². The Kier molecular flexibility index (Phi) is 15.8. The third kappa shape index (κ3) is 13.3. The van der Waals surface area contributed by atoms with Crippen molar-refractivity contribution in [3.63, 3.8) is 0 Å². The Bertz CT molecular complexity index is 1170. The van der Waals surface area contributed by atoms with E-state index in [-0.39, 0.29) is 18.2 Å². The lowest BCUT2D eigenvalue weighted by Crippen LogP contribution is -2.35. The number of aryl methyl sites for hydroxylation is 2. The zero-order valence-electron chi connectivity index (χ0n) is 25.2. The van der Waals surface area contributed by atoms with Crippen molar-refractivity contribution in [1.29, 1.82) is 0 Å². The summed E-state index contributed by atoms with van der Waals surface area (Å²) in [5, 5.41) is 10.5. The number of rotatable bonds is 21. The minimum absolute atomic E-state index is 0.0943. The van der Waals surface area contributed by atoms with Gasteiger partial charge in [-0.2, -0.15) is 5.10 Å². The average molecular weight is 613 g/mol. The molecule has 234 valence electrons. The topological polar surface area (TPSA) is 113 Å². The normalized spacial score (nSPS) is 11.0. The van der Waals surface area contributed by atoms with Crippen molar-refractivity contribution < 1.29 is 28.5 Å². The van der Waals surface area contributed by atoms with Gasteiger partial charge in [-0.3, -0.25) is 9.59 Å². The Balaban J connectivity index is 1.29. The SMILES string of the molecule is CCOCCOCCOCCOCCC(=O)NCCNC(=O)CCc1cc(-c2ccc(C)cc2)n(-c2ccc(S)cc2)n1. The highest BCUT2D eigenvalue weighted by Crippen LogP contribution is 2.25. The van der Waals surface area contributed by atoms with Crippen LogP contribution in [0.2, 0.25) is 0 Å². The van der Waals surface area contributed by atoms with Crippen LogP contribution in [-0.2, 0) is 35.0 Å². The Morgan fingerprint density at radius 3 is 1.93 bits per heavy atom. The van der Waals surface area contributed by atoms with Gasteiger partial charge in [-0.1, -0.05) is 29.8 Å². The second-order valence-corrected chi connectivity index (χ2v) is 10.3. The molecule has 0 aliphatic heterocycles. The number of carbonyl (C=O) groups excluding carboxylic acids is 2. The van der Waals surface area contributed by atoms with Crippen LogP contribution in [0.5, 0.6) is 0 Å². The molecule has 0 aliphatic carbocycles. The number of nitrogens with one attached hydrogen (secondary N) is 2. The molecule has 0 bridgehead atoms. The minimum atomic E-state index is -0.127. The molecule has 0 saturated carbocycles. The van der Waals surface area contributed by atoms with Crippen molar-refractivity contribution in [3.8, 4) is 16.9 Å². The molecule has 0 atom stereocenters. The van der Waals surface area contributed by atoms with Gasteiger partial charge in [0.05, 0.1) is 63.3 Å². The standard InChI is InChI=1S/C32H44N4O6S/c1-3-39-18-19-41-22-23-42-21-20-40-17-14-32(38)34-16-15-33-31(37)13-8-27-24-30(26-6-4-25(2)5-7-26)36(35-27)28-9-11-29(43)12-10-28/h4-7,9-12,24,43H,3,8,13-23H2,1-2H3,(H,33,37)(H,34,38). The summed E-state index contributed by atoms with van der Waals surface area (Å²) in [6.45, 7) is 8.70. The van der Waals surface area contributed by atoms with Crippen LogP contribution < -0.4 is 10.6 Å². The summed E-state index contributed by atoms with van der Waals surface area (Å²) in [4.78, 5) is 25.3. The van der Waals surface area contributed by atoms with E-state index in [0.717, 1.165) is 27.5 Å². The van der Waals surface area contributed by atoms with Crippen LogP contribution in [0.4, 0.5) is 0 Å². The van der Waals surface area contributed by atoms with Crippen LogP contribution in [0, 0.1) is 6.92 Å². The number of aromatic nitrogens is 2. The summed E-state index contributed by atoms with van der Waals surface area (Å²) in [5.41, 5.74) is 4.94. The number of benzene rings is 2. The van der Waals surface area contributed by atoms with Gasteiger partial charge < -0.3 is 29.6 Å². The van der Waals surface area contributed by atoms with Crippen LogP contribution in [0.25, 0.3) is 16.9 Å². The van der Waals surface area contributed by atoms with E-state index in [1.165, 1.54) is 5.56 Å². The van der Waals surface area contributed by atoms with Gasteiger partial charge >= 0.3 is 0 Å². The van der Waals surface area contributed by atoms with Crippen molar-refractivity contribution in [1.82, 2.24) is 20.4 Å². The molecule has 10 nitrogen and oxygen atoms in total. The molecular weight excluding hydrogens is 568 g/mol. The Labute approximate surface area is 259 Å². The van der Waals surface area contributed by atoms with E-state index in [0.29, 0.717) is 78.8 Å².